The average Bonchev–Trinajstić information content (AvgIpc) is 2.48. The van der Waals surface area contributed by atoms with Crippen molar-refractivity contribution in [2.75, 3.05) is 5.73 Å². The molecule has 0 heterocycles. The number of anilines is 1. The van der Waals surface area contributed by atoms with Gasteiger partial charge in [0.15, 0.2) is 0 Å². The Morgan fingerprint density at radius 3 is 2.71 bits per heavy atom. The minimum Gasteiger partial charge on any atom is -0.399 e. The molecular formula is C18H28N2O. The molecule has 3 heteroatoms. The van der Waals surface area contributed by atoms with Crippen molar-refractivity contribution in [1.82, 2.24) is 5.32 Å². The van der Waals surface area contributed by atoms with E-state index in [1.54, 1.807) is 0 Å². The topological polar surface area (TPSA) is 55.1 Å². The lowest BCUT2D eigenvalue weighted by atomic mass is 9.83. The van der Waals surface area contributed by atoms with E-state index in [9.17, 15) is 4.79 Å². The minimum absolute atomic E-state index is 0.177. The molecule has 21 heavy (non-hydrogen) atoms. The molecule has 0 bridgehead atoms. The van der Waals surface area contributed by atoms with Gasteiger partial charge in [0.25, 0.3) is 0 Å². The first-order valence-electron chi connectivity index (χ1n) is 8.31. The van der Waals surface area contributed by atoms with Crippen molar-refractivity contribution < 1.29 is 4.79 Å². The first kappa shape index (κ1) is 15.9. The molecule has 1 aromatic carbocycles. The first-order chi connectivity index (χ1) is 10.2. The van der Waals surface area contributed by atoms with Gasteiger partial charge in [0.05, 0.1) is 0 Å². The van der Waals surface area contributed by atoms with Crippen molar-refractivity contribution in [3.05, 3.63) is 29.8 Å². The number of carbonyl (C=O) groups is 1. The first-order valence-corrected chi connectivity index (χ1v) is 8.31. The minimum atomic E-state index is 0.177. The van der Waals surface area contributed by atoms with Gasteiger partial charge in [-0.1, -0.05) is 31.9 Å². The van der Waals surface area contributed by atoms with Crippen molar-refractivity contribution in [3.63, 3.8) is 0 Å². The van der Waals surface area contributed by atoms with Gasteiger partial charge in [0.2, 0.25) is 5.91 Å². The number of nitrogens with two attached hydrogens (primary N) is 1. The summed E-state index contributed by atoms with van der Waals surface area (Å²) >= 11 is 0. The van der Waals surface area contributed by atoms with E-state index in [0.29, 0.717) is 12.5 Å². The number of benzene rings is 1. The largest absolute Gasteiger partial charge is 0.399 e. The van der Waals surface area contributed by atoms with E-state index in [1.807, 2.05) is 24.3 Å². The van der Waals surface area contributed by atoms with Crippen LogP contribution in [0.2, 0.25) is 0 Å². The van der Waals surface area contributed by atoms with Crippen molar-refractivity contribution in [2.24, 2.45) is 5.92 Å². The summed E-state index contributed by atoms with van der Waals surface area (Å²) in [7, 11) is 0. The molecule has 1 saturated carbocycles. The number of hydrogen-bond acceptors (Lipinski definition) is 2. The van der Waals surface area contributed by atoms with Crippen molar-refractivity contribution >= 4 is 11.6 Å². The maximum absolute atomic E-state index is 12.0. The summed E-state index contributed by atoms with van der Waals surface area (Å²) in [5.74, 6) is 1.06. The van der Waals surface area contributed by atoms with Gasteiger partial charge in [-0.25, -0.2) is 0 Å². The maximum atomic E-state index is 12.0. The van der Waals surface area contributed by atoms with Crippen LogP contribution >= 0.6 is 0 Å². The second kappa shape index (κ2) is 8.06. The Morgan fingerprint density at radius 1 is 1.29 bits per heavy atom. The highest BCUT2D eigenvalue weighted by Gasteiger charge is 2.21. The lowest BCUT2D eigenvalue weighted by Gasteiger charge is -2.29. The second-order valence-corrected chi connectivity index (χ2v) is 6.32. The highest BCUT2D eigenvalue weighted by Crippen LogP contribution is 2.27. The molecule has 0 radical (unpaired) electrons. The molecule has 116 valence electrons. The molecule has 0 unspecified atom stereocenters. The van der Waals surface area contributed by atoms with Crippen LogP contribution in [0, 0.1) is 5.92 Å². The third-order valence-corrected chi connectivity index (χ3v) is 4.50. The Morgan fingerprint density at radius 2 is 2.05 bits per heavy atom. The van der Waals surface area contributed by atoms with Crippen molar-refractivity contribution in [3.8, 4) is 0 Å². The molecule has 3 N–H and O–H groups in total. The van der Waals surface area contributed by atoms with Gasteiger partial charge in [0, 0.05) is 18.2 Å². The van der Waals surface area contributed by atoms with E-state index in [0.717, 1.165) is 36.4 Å². The molecule has 0 spiro atoms. The SMILES string of the molecule is CCCC1CCC(NC(=O)CCc2cccc(N)c2)CC1. The monoisotopic (exact) mass is 288 g/mol. The lowest BCUT2D eigenvalue weighted by Crippen LogP contribution is -2.37. The molecule has 3 nitrogen and oxygen atoms in total. The van der Waals surface area contributed by atoms with Crippen LogP contribution in [0.4, 0.5) is 5.69 Å². The summed E-state index contributed by atoms with van der Waals surface area (Å²) in [6.07, 6.45) is 8.78. The lowest BCUT2D eigenvalue weighted by molar-refractivity contribution is -0.122. The van der Waals surface area contributed by atoms with E-state index in [2.05, 4.69) is 12.2 Å². The van der Waals surface area contributed by atoms with Crippen molar-refractivity contribution in [1.29, 1.82) is 0 Å². The van der Waals surface area contributed by atoms with Crippen LogP contribution in [0.15, 0.2) is 24.3 Å². The van der Waals surface area contributed by atoms with Gasteiger partial charge in [-0.15, -0.1) is 0 Å². The van der Waals surface area contributed by atoms with E-state index in [4.69, 9.17) is 5.73 Å². The fourth-order valence-electron chi connectivity index (χ4n) is 3.31. The van der Waals surface area contributed by atoms with Gasteiger partial charge in [-0.2, -0.15) is 0 Å². The van der Waals surface area contributed by atoms with E-state index < -0.39 is 0 Å². The Hall–Kier alpha value is -1.51. The molecule has 0 saturated heterocycles. The fraction of sp³-hybridized carbons (Fsp3) is 0.611. The molecule has 1 aromatic rings. The van der Waals surface area contributed by atoms with E-state index in [1.165, 1.54) is 25.7 Å². The number of amides is 1. The zero-order valence-electron chi connectivity index (χ0n) is 13.1. The predicted molar refractivity (Wildman–Crippen MR) is 88.0 cm³/mol. The quantitative estimate of drug-likeness (QED) is 0.785. The Balaban J connectivity index is 1.68. The zero-order valence-corrected chi connectivity index (χ0v) is 13.1. The second-order valence-electron chi connectivity index (χ2n) is 6.32. The Labute approximate surface area is 128 Å². The summed E-state index contributed by atoms with van der Waals surface area (Å²) in [6, 6.07) is 8.19. The number of hydrogen-bond donors (Lipinski definition) is 2. The predicted octanol–water partition coefficient (Wildman–Crippen LogP) is 3.68. The van der Waals surface area contributed by atoms with Crippen LogP contribution in [-0.2, 0) is 11.2 Å². The van der Waals surface area contributed by atoms with Crippen LogP contribution in [-0.4, -0.2) is 11.9 Å². The zero-order chi connectivity index (χ0) is 15.1. The summed E-state index contributed by atoms with van der Waals surface area (Å²) < 4.78 is 0. The van der Waals surface area contributed by atoms with Crippen LogP contribution in [0.1, 0.15) is 57.4 Å². The summed E-state index contributed by atoms with van der Waals surface area (Å²) in [4.78, 5) is 12.0. The van der Waals surface area contributed by atoms with E-state index >= 15 is 0 Å². The van der Waals surface area contributed by atoms with Crippen LogP contribution in [0.25, 0.3) is 0 Å². The standard InChI is InChI=1S/C18H28N2O/c1-2-4-14-7-10-17(11-8-14)20-18(21)12-9-15-5-3-6-16(19)13-15/h3,5-6,13-14,17H,2,4,7-12,19H2,1H3,(H,20,21). The Kier molecular flexibility index (Phi) is 6.09. The molecule has 0 aromatic heterocycles. The van der Waals surface area contributed by atoms with Gasteiger partial charge in [0.1, 0.15) is 0 Å². The van der Waals surface area contributed by atoms with E-state index in [-0.39, 0.29) is 5.91 Å². The van der Waals surface area contributed by atoms with Gasteiger partial charge >= 0.3 is 0 Å². The molecule has 1 fully saturated rings. The summed E-state index contributed by atoms with van der Waals surface area (Å²) in [6.45, 7) is 2.25. The van der Waals surface area contributed by atoms with Crippen LogP contribution in [0.5, 0.6) is 0 Å². The Bertz CT molecular complexity index is 450. The average molecular weight is 288 g/mol. The number of aryl methyl sites for hydroxylation is 1. The van der Waals surface area contributed by atoms with Crippen molar-refractivity contribution in [2.45, 2.75) is 64.3 Å². The molecule has 0 aliphatic heterocycles. The third kappa shape index (κ3) is 5.41. The van der Waals surface area contributed by atoms with Gasteiger partial charge < -0.3 is 11.1 Å². The van der Waals surface area contributed by atoms with Gasteiger partial charge in [-0.05, 0) is 55.7 Å². The number of rotatable bonds is 6. The summed E-state index contributed by atoms with van der Waals surface area (Å²) in [5.41, 5.74) is 7.65. The van der Waals surface area contributed by atoms with Crippen LogP contribution < -0.4 is 11.1 Å². The third-order valence-electron chi connectivity index (χ3n) is 4.50. The molecular weight excluding hydrogens is 260 g/mol. The number of nitrogen functional groups attached to an aromatic ring is 1. The molecule has 1 aliphatic carbocycles. The highest BCUT2D eigenvalue weighted by atomic mass is 16.1. The molecule has 0 atom stereocenters. The molecule has 1 aliphatic rings. The molecule has 2 rings (SSSR count). The normalized spacial score (nSPS) is 22.0. The number of carbonyl (C=O) groups excluding carboxylic acids is 1. The summed E-state index contributed by atoms with van der Waals surface area (Å²) in [5, 5.41) is 3.20. The smallest absolute Gasteiger partial charge is 0.220 e. The highest BCUT2D eigenvalue weighted by molar-refractivity contribution is 5.76. The van der Waals surface area contributed by atoms with Gasteiger partial charge in [-0.3, -0.25) is 4.79 Å². The van der Waals surface area contributed by atoms with Crippen LogP contribution in [0.3, 0.4) is 0 Å². The fourth-order valence-corrected chi connectivity index (χ4v) is 3.31. The maximum Gasteiger partial charge on any atom is 0.220 e. The number of nitrogens with one attached hydrogen (secondary N) is 1. The molecule has 1 amide bonds.